The molecule has 0 amide bonds. The number of carboxylic acids is 1. The van der Waals surface area contributed by atoms with Gasteiger partial charge in [0.1, 0.15) is 22.8 Å². The average molecular weight is 562 g/mol. The Bertz CT molecular complexity index is 1630. The monoisotopic (exact) mass is 561 g/mol. The van der Waals surface area contributed by atoms with E-state index in [2.05, 4.69) is 10.1 Å². The number of fused-ring (bicyclic) bond motifs is 5. The van der Waals surface area contributed by atoms with Crippen LogP contribution >= 0.6 is 11.3 Å². The fourth-order valence-corrected chi connectivity index (χ4v) is 7.94. The molecule has 3 aliphatic heterocycles. The van der Waals surface area contributed by atoms with Crippen LogP contribution in [0, 0.1) is 5.82 Å². The third-order valence-corrected chi connectivity index (χ3v) is 9.85. The Labute approximate surface area is 233 Å². The summed E-state index contributed by atoms with van der Waals surface area (Å²) in [7, 11) is 0. The molecule has 3 atom stereocenters. The quantitative estimate of drug-likeness (QED) is 0.280. The number of anilines is 1. The smallest absolute Gasteiger partial charge is 0.336 e. The van der Waals surface area contributed by atoms with Crippen molar-refractivity contribution in [2.75, 3.05) is 11.5 Å². The number of nitrogens with zero attached hydrogens (tertiary/aromatic N) is 3. The van der Waals surface area contributed by atoms with Crippen LogP contribution in [0.4, 0.5) is 9.52 Å². The van der Waals surface area contributed by atoms with Crippen LogP contribution < -0.4 is 9.64 Å². The number of hydrogen-bond donors (Lipinski definition) is 1. The summed E-state index contributed by atoms with van der Waals surface area (Å²) in [5.41, 5.74) is 3.71. The zero-order valence-corrected chi connectivity index (χ0v) is 22.6. The summed E-state index contributed by atoms with van der Waals surface area (Å²) in [4.78, 5) is 19.3. The molecule has 1 aliphatic carbocycles. The third kappa shape index (κ3) is 3.91. The Morgan fingerprint density at radius 3 is 2.73 bits per heavy atom. The van der Waals surface area contributed by atoms with Crippen LogP contribution in [-0.4, -0.2) is 46.0 Å². The number of thiazole rings is 1. The summed E-state index contributed by atoms with van der Waals surface area (Å²) < 4.78 is 33.6. The first-order valence-electron chi connectivity index (χ1n) is 14.0. The number of halogens is 1. The number of rotatable bonds is 7. The Morgan fingerprint density at radius 1 is 1.18 bits per heavy atom. The molecule has 8 rings (SSSR count). The largest absolute Gasteiger partial charge is 0.491 e. The van der Waals surface area contributed by atoms with Gasteiger partial charge in [-0.15, -0.1) is 0 Å². The predicted octanol–water partition coefficient (Wildman–Crippen LogP) is 6.32. The second-order valence-electron chi connectivity index (χ2n) is 11.3. The second-order valence-corrected chi connectivity index (χ2v) is 12.3. The maximum absolute atomic E-state index is 14.6. The van der Waals surface area contributed by atoms with Crippen LogP contribution in [0.25, 0.3) is 21.5 Å². The lowest BCUT2D eigenvalue weighted by Crippen LogP contribution is -2.45. The highest BCUT2D eigenvalue weighted by Gasteiger charge is 2.43. The van der Waals surface area contributed by atoms with E-state index >= 15 is 0 Å². The summed E-state index contributed by atoms with van der Waals surface area (Å²) in [6, 6.07) is 9.04. The molecular weight excluding hydrogens is 533 g/mol. The summed E-state index contributed by atoms with van der Waals surface area (Å²) in [5, 5.41) is 14.9. The van der Waals surface area contributed by atoms with Gasteiger partial charge in [-0.2, -0.15) is 0 Å². The fraction of sp³-hybridized carbons (Fsp3) is 0.433. The van der Waals surface area contributed by atoms with Crippen molar-refractivity contribution in [3.8, 4) is 17.0 Å². The van der Waals surface area contributed by atoms with Crippen molar-refractivity contribution in [3.05, 3.63) is 58.6 Å². The van der Waals surface area contributed by atoms with Crippen LogP contribution in [0.2, 0.25) is 0 Å². The molecule has 1 unspecified atom stereocenters. The number of hydrogen-bond acceptors (Lipinski definition) is 8. The minimum absolute atomic E-state index is 0.0738. The van der Waals surface area contributed by atoms with Gasteiger partial charge in [0.05, 0.1) is 29.6 Å². The number of benzene rings is 2. The lowest BCUT2D eigenvalue weighted by molar-refractivity contribution is 0.0147. The first-order chi connectivity index (χ1) is 19.5. The van der Waals surface area contributed by atoms with Gasteiger partial charge in [0.15, 0.2) is 10.9 Å². The van der Waals surface area contributed by atoms with Crippen LogP contribution in [0.5, 0.6) is 5.75 Å². The van der Waals surface area contributed by atoms with E-state index in [9.17, 15) is 14.3 Å². The molecule has 2 aromatic heterocycles. The molecule has 8 nitrogen and oxygen atoms in total. The maximum Gasteiger partial charge on any atom is 0.336 e. The fourth-order valence-electron chi connectivity index (χ4n) is 6.79. The number of carboxylic acid groups (broad SMARTS) is 1. The summed E-state index contributed by atoms with van der Waals surface area (Å²) in [6.07, 6.45) is 6.68. The Balaban J connectivity index is 1.03. The lowest BCUT2D eigenvalue weighted by atomic mass is 10.00. The zero-order chi connectivity index (χ0) is 27.0. The van der Waals surface area contributed by atoms with E-state index in [4.69, 9.17) is 19.0 Å². The zero-order valence-electron chi connectivity index (χ0n) is 21.8. The van der Waals surface area contributed by atoms with Crippen LogP contribution in [-0.2, 0) is 17.8 Å². The van der Waals surface area contributed by atoms with Crippen molar-refractivity contribution in [2.24, 2.45) is 0 Å². The first kappa shape index (κ1) is 24.3. The van der Waals surface area contributed by atoms with Gasteiger partial charge in [-0.1, -0.05) is 28.6 Å². The summed E-state index contributed by atoms with van der Waals surface area (Å²) in [5.74, 6) is 0.578. The third-order valence-electron chi connectivity index (χ3n) is 8.83. The number of carbonyl (C=O) groups is 1. The molecule has 5 heterocycles. The van der Waals surface area contributed by atoms with Crippen molar-refractivity contribution in [1.29, 1.82) is 0 Å². The van der Waals surface area contributed by atoms with Gasteiger partial charge in [-0.05, 0) is 56.7 Å². The highest BCUT2D eigenvalue weighted by molar-refractivity contribution is 7.22. The molecule has 1 saturated carbocycles. The van der Waals surface area contributed by atoms with Crippen molar-refractivity contribution in [1.82, 2.24) is 10.1 Å². The Morgan fingerprint density at radius 2 is 1.98 bits per heavy atom. The molecule has 1 N–H and O–H groups in total. The van der Waals surface area contributed by atoms with Crippen LogP contribution in [0.1, 0.15) is 71.7 Å². The van der Waals surface area contributed by atoms with Gasteiger partial charge in [-0.3, -0.25) is 0 Å². The Kier molecular flexibility index (Phi) is 5.64. The van der Waals surface area contributed by atoms with E-state index in [-0.39, 0.29) is 11.9 Å². The normalized spacial score (nSPS) is 23.5. The highest BCUT2D eigenvalue weighted by atomic mass is 32.1. The molecule has 4 aromatic rings. The molecule has 0 radical (unpaired) electrons. The summed E-state index contributed by atoms with van der Waals surface area (Å²) >= 11 is 1.55. The topological polar surface area (TPSA) is 97.9 Å². The van der Waals surface area contributed by atoms with E-state index in [1.165, 1.54) is 6.07 Å². The molecule has 206 valence electrons. The van der Waals surface area contributed by atoms with Gasteiger partial charge in [0, 0.05) is 41.1 Å². The van der Waals surface area contributed by atoms with Crippen molar-refractivity contribution in [3.63, 3.8) is 0 Å². The van der Waals surface area contributed by atoms with E-state index in [0.29, 0.717) is 60.2 Å². The van der Waals surface area contributed by atoms with Gasteiger partial charge in [0.25, 0.3) is 0 Å². The van der Waals surface area contributed by atoms with Crippen molar-refractivity contribution >= 4 is 32.7 Å². The molecule has 10 heteroatoms. The molecule has 3 fully saturated rings. The standard InChI is InChI=1S/C30H28FN3O5S/c31-23-4-2-1-3-20(23)25-22(27(39-33-25)15-5-6-15)14-38-18-11-16-7-8-17(12-18)34(16)30-32-26-24(40-30)13-21(29(35)36)19-9-10-37-28(19)26/h1-4,13,15-18H,5-12,14H2,(H,35,36)/t16-,17+,18?. The first-order valence-corrected chi connectivity index (χ1v) is 14.8. The lowest BCUT2D eigenvalue weighted by Gasteiger charge is -2.38. The van der Waals surface area contributed by atoms with Gasteiger partial charge < -0.3 is 24.0 Å². The number of aromatic carboxylic acids is 1. The van der Waals surface area contributed by atoms with E-state index in [1.807, 2.05) is 6.07 Å². The van der Waals surface area contributed by atoms with E-state index < -0.39 is 5.97 Å². The molecule has 40 heavy (non-hydrogen) atoms. The van der Waals surface area contributed by atoms with Gasteiger partial charge in [-0.25, -0.2) is 14.2 Å². The minimum Gasteiger partial charge on any atom is -0.491 e. The maximum atomic E-state index is 14.6. The molecule has 2 bridgehead atoms. The van der Waals surface area contributed by atoms with E-state index in [0.717, 1.165) is 70.8 Å². The predicted molar refractivity (Wildman–Crippen MR) is 147 cm³/mol. The number of aromatic nitrogens is 2. The highest BCUT2D eigenvalue weighted by Crippen LogP contribution is 2.47. The second kappa shape index (κ2) is 9.27. The number of ether oxygens (including phenoxy) is 2. The molecule has 2 aromatic carbocycles. The SMILES string of the molecule is O=C(O)c1cc2sc(N3[C@@H]4CC[C@H]3CC(OCc3c(-c5ccccc5F)noc3C3CC3)C4)nc2c2c1CCO2. The van der Waals surface area contributed by atoms with Gasteiger partial charge in [0.2, 0.25) is 0 Å². The van der Waals surface area contributed by atoms with Gasteiger partial charge >= 0.3 is 5.97 Å². The Hall–Kier alpha value is -3.50. The summed E-state index contributed by atoms with van der Waals surface area (Å²) in [6.45, 7) is 0.842. The number of piperidine rings is 1. The van der Waals surface area contributed by atoms with Crippen LogP contribution in [0.3, 0.4) is 0 Å². The van der Waals surface area contributed by atoms with Crippen molar-refractivity contribution < 1.29 is 28.3 Å². The molecule has 2 saturated heterocycles. The van der Waals surface area contributed by atoms with E-state index in [1.54, 1.807) is 29.5 Å². The molecule has 0 spiro atoms. The molecule has 4 aliphatic rings. The van der Waals surface area contributed by atoms with Crippen molar-refractivity contribution in [2.45, 2.75) is 75.7 Å². The average Bonchev–Trinajstić information content (AvgIpc) is 3.25. The minimum atomic E-state index is -0.924. The molecular formula is C30H28FN3O5S. The van der Waals surface area contributed by atoms with Crippen LogP contribution in [0.15, 0.2) is 34.9 Å².